The van der Waals surface area contributed by atoms with Crippen LogP contribution >= 0.6 is 11.6 Å². The van der Waals surface area contributed by atoms with E-state index in [9.17, 15) is 19.2 Å². The normalized spacial score (nSPS) is 20.4. The minimum Gasteiger partial charge on any atom is -0.348 e. The second-order valence-electron chi connectivity index (χ2n) is 9.57. The zero-order chi connectivity index (χ0) is 25.2. The Morgan fingerprint density at radius 3 is 2.67 bits per heavy atom. The van der Waals surface area contributed by atoms with Crippen molar-refractivity contribution in [1.29, 1.82) is 0 Å². The van der Waals surface area contributed by atoms with Gasteiger partial charge in [0.05, 0.1) is 28.0 Å². The second-order valence-corrected chi connectivity index (χ2v) is 9.97. The average Bonchev–Trinajstić information content (AvgIpc) is 3.36. The van der Waals surface area contributed by atoms with Gasteiger partial charge in [0.1, 0.15) is 5.94 Å². The molecule has 0 radical (unpaired) electrons. The number of aromatic amines is 1. The lowest BCUT2D eigenvalue weighted by Crippen LogP contribution is -2.40. The highest BCUT2D eigenvalue weighted by Gasteiger charge is 2.31. The number of halogens is 1. The summed E-state index contributed by atoms with van der Waals surface area (Å²) in [6.45, 7) is 1.86. The molecule has 5 rings (SSSR count). The number of fused-ring (bicyclic) bond motifs is 1. The summed E-state index contributed by atoms with van der Waals surface area (Å²) in [6.07, 6.45) is 4.38. The van der Waals surface area contributed by atoms with Crippen molar-refractivity contribution >= 4 is 34.4 Å². The number of likely N-dealkylation sites (tertiary alicyclic amines) is 1. The van der Waals surface area contributed by atoms with Crippen LogP contribution in [0.15, 0.2) is 57.6 Å². The summed E-state index contributed by atoms with van der Waals surface area (Å²) in [5.41, 5.74) is 1.54. The number of allylic oxidation sites excluding steroid dienone is 1. The molecular formula is C27H27ClN4O4. The summed E-state index contributed by atoms with van der Waals surface area (Å²) >= 11 is 6.38. The molecule has 36 heavy (non-hydrogen) atoms. The van der Waals surface area contributed by atoms with Crippen LogP contribution in [0.3, 0.4) is 0 Å². The standard InChI is InChI=1S/C27H27ClN4O4/c28-23-10-7-18(14-32-24-4-2-1-3-21(24)25(34)30-27(32)36)13-22(23)26(35)29-19-11-12-31(15-19)20-8-5-17(16-33)6-9-20/h1-4,7,10,13,19-20H,5-6,8-9,11-12,14-15H2,(H,29,35)(H,30,34,36). The molecule has 2 aromatic carbocycles. The highest BCUT2D eigenvalue weighted by atomic mass is 35.5. The number of aromatic nitrogens is 2. The van der Waals surface area contributed by atoms with Crippen molar-refractivity contribution in [1.82, 2.24) is 19.8 Å². The number of rotatable bonds is 5. The third kappa shape index (κ3) is 4.93. The molecule has 1 aliphatic carbocycles. The Kier molecular flexibility index (Phi) is 6.92. The predicted octanol–water partition coefficient (Wildman–Crippen LogP) is 2.90. The fourth-order valence-electron chi connectivity index (χ4n) is 5.34. The first-order valence-electron chi connectivity index (χ1n) is 12.2. The summed E-state index contributed by atoms with van der Waals surface area (Å²) in [4.78, 5) is 53.5. The number of carbonyl (C=O) groups is 1. The molecule has 1 aliphatic heterocycles. The van der Waals surface area contributed by atoms with Crippen molar-refractivity contribution in [3.8, 4) is 0 Å². The average molecular weight is 507 g/mol. The molecule has 1 saturated carbocycles. The van der Waals surface area contributed by atoms with Crippen LogP contribution in [0.2, 0.25) is 5.02 Å². The molecule has 2 N–H and O–H groups in total. The van der Waals surface area contributed by atoms with Gasteiger partial charge in [-0.1, -0.05) is 29.8 Å². The Labute approximate surface area is 212 Å². The molecule has 2 fully saturated rings. The zero-order valence-electron chi connectivity index (χ0n) is 19.8. The van der Waals surface area contributed by atoms with Crippen LogP contribution in [0.4, 0.5) is 0 Å². The van der Waals surface area contributed by atoms with Gasteiger partial charge in [0.2, 0.25) is 0 Å². The van der Waals surface area contributed by atoms with Gasteiger partial charge in [-0.3, -0.25) is 24.0 Å². The lowest BCUT2D eigenvalue weighted by Gasteiger charge is -2.31. The molecule has 8 nitrogen and oxygen atoms in total. The largest absolute Gasteiger partial charge is 0.348 e. The molecule has 9 heteroatoms. The molecule has 1 atom stereocenters. The Bertz CT molecular complexity index is 1480. The molecule has 0 spiro atoms. The lowest BCUT2D eigenvalue weighted by atomic mass is 9.91. The first kappa shape index (κ1) is 24.3. The Morgan fingerprint density at radius 2 is 1.89 bits per heavy atom. The van der Waals surface area contributed by atoms with E-state index in [1.165, 1.54) is 4.57 Å². The number of carbonyl (C=O) groups excluding carboxylic acids is 2. The van der Waals surface area contributed by atoms with E-state index in [4.69, 9.17) is 11.6 Å². The molecule has 186 valence electrons. The number of amides is 1. The third-order valence-electron chi connectivity index (χ3n) is 7.30. The van der Waals surface area contributed by atoms with Crippen molar-refractivity contribution in [2.75, 3.05) is 13.1 Å². The van der Waals surface area contributed by atoms with E-state index in [1.54, 1.807) is 42.5 Å². The zero-order valence-corrected chi connectivity index (χ0v) is 20.5. The fourth-order valence-corrected chi connectivity index (χ4v) is 5.55. The molecule has 1 amide bonds. The monoisotopic (exact) mass is 506 g/mol. The Hall–Kier alpha value is -3.45. The van der Waals surface area contributed by atoms with Gasteiger partial charge in [-0.25, -0.2) is 9.59 Å². The summed E-state index contributed by atoms with van der Waals surface area (Å²) in [7, 11) is 0. The van der Waals surface area contributed by atoms with Crippen LogP contribution in [-0.4, -0.2) is 51.5 Å². The van der Waals surface area contributed by atoms with E-state index >= 15 is 0 Å². The van der Waals surface area contributed by atoms with Crippen LogP contribution < -0.4 is 16.6 Å². The predicted molar refractivity (Wildman–Crippen MR) is 138 cm³/mol. The number of hydrogen-bond donors (Lipinski definition) is 2. The van der Waals surface area contributed by atoms with Gasteiger partial charge in [0, 0.05) is 30.7 Å². The lowest BCUT2D eigenvalue weighted by molar-refractivity contribution is 0.0935. The van der Waals surface area contributed by atoms with Gasteiger partial charge < -0.3 is 5.32 Å². The van der Waals surface area contributed by atoms with Gasteiger partial charge in [-0.05, 0) is 61.9 Å². The minimum atomic E-state index is -0.510. The maximum Gasteiger partial charge on any atom is 0.329 e. The Morgan fingerprint density at radius 1 is 1.11 bits per heavy atom. The van der Waals surface area contributed by atoms with Gasteiger partial charge in [-0.15, -0.1) is 0 Å². The molecule has 1 unspecified atom stereocenters. The number of hydrogen-bond acceptors (Lipinski definition) is 5. The van der Waals surface area contributed by atoms with Crippen molar-refractivity contribution in [3.63, 3.8) is 0 Å². The molecule has 0 bridgehead atoms. The number of H-pyrrole nitrogens is 1. The minimum absolute atomic E-state index is 0.0194. The van der Waals surface area contributed by atoms with Crippen molar-refractivity contribution < 1.29 is 9.59 Å². The van der Waals surface area contributed by atoms with E-state index < -0.39 is 11.2 Å². The van der Waals surface area contributed by atoms with Crippen molar-refractivity contribution in [2.24, 2.45) is 0 Å². The van der Waals surface area contributed by atoms with Crippen LogP contribution in [0.1, 0.15) is 48.0 Å². The summed E-state index contributed by atoms with van der Waals surface area (Å²) in [6, 6.07) is 12.5. The van der Waals surface area contributed by atoms with Crippen molar-refractivity contribution in [3.05, 3.63) is 85.0 Å². The summed E-state index contributed by atoms with van der Waals surface area (Å²) < 4.78 is 1.48. The van der Waals surface area contributed by atoms with Crippen LogP contribution in [0.25, 0.3) is 10.9 Å². The highest BCUT2D eigenvalue weighted by Crippen LogP contribution is 2.28. The molecular weight excluding hydrogens is 480 g/mol. The highest BCUT2D eigenvalue weighted by molar-refractivity contribution is 6.33. The summed E-state index contributed by atoms with van der Waals surface area (Å²) in [5.74, 6) is 1.80. The molecule has 2 heterocycles. The number of para-hydroxylation sites is 1. The van der Waals surface area contributed by atoms with E-state index in [0.717, 1.165) is 56.3 Å². The van der Waals surface area contributed by atoms with Crippen LogP contribution in [0, 0.1) is 0 Å². The first-order valence-corrected chi connectivity index (χ1v) is 12.6. The quantitative estimate of drug-likeness (QED) is 0.518. The van der Waals surface area contributed by atoms with Gasteiger partial charge in [-0.2, -0.15) is 0 Å². The SMILES string of the molecule is O=C=C1CCC(N2CCC(NC(=O)c3cc(Cn4c(=O)[nH]c(=O)c5ccccc54)ccc3Cl)C2)CC1. The smallest absolute Gasteiger partial charge is 0.329 e. The fraction of sp³-hybridized carbons (Fsp3) is 0.370. The van der Waals surface area contributed by atoms with Gasteiger partial charge in [0.15, 0.2) is 0 Å². The molecule has 1 aromatic heterocycles. The van der Waals surface area contributed by atoms with Gasteiger partial charge >= 0.3 is 5.69 Å². The number of benzene rings is 2. The van der Waals surface area contributed by atoms with E-state index in [-0.39, 0.29) is 18.5 Å². The van der Waals surface area contributed by atoms with E-state index in [0.29, 0.717) is 27.5 Å². The molecule has 3 aromatic rings. The second kappa shape index (κ2) is 10.3. The maximum atomic E-state index is 13.1. The Balaban J connectivity index is 1.29. The first-order chi connectivity index (χ1) is 17.4. The van der Waals surface area contributed by atoms with E-state index in [2.05, 4.69) is 21.1 Å². The molecule has 2 aliphatic rings. The number of nitrogens with zero attached hydrogens (tertiary/aromatic N) is 2. The van der Waals surface area contributed by atoms with Gasteiger partial charge in [0.25, 0.3) is 11.5 Å². The topological polar surface area (TPSA) is 104 Å². The van der Waals surface area contributed by atoms with E-state index in [1.807, 2.05) is 0 Å². The van der Waals surface area contributed by atoms with Crippen LogP contribution in [0.5, 0.6) is 0 Å². The number of nitrogens with one attached hydrogen (secondary N) is 2. The molecule has 1 saturated heterocycles. The maximum absolute atomic E-state index is 13.1. The van der Waals surface area contributed by atoms with Crippen LogP contribution in [-0.2, 0) is 11.3 Å². The van der Waals surface area contributed by atoms with Crippen molar-refractivity contribution in [2.45, 2.75) is 50.7 Å². The summed E-state index contributed by atoms with van der Waals surface area (Å²) in [5, 5.41) is 3.88. The third-order valence-corrected chi connectivity index (χ3v) is 7.63.